The summed E-state index contributed by atoms with van der Waals surface area (Å²) in [6, 6.07) is 19.3. The number of nitrogens with one attached hydrogen (secondary N) is 2. The van der Waals surface area contributed by atoms with Crippen LogP contribution in [-0.4, -0.2) is 37.1 Å². The number of nitrogen functional groups attached to an aromatic ring is 1. The fraction of sp³-hybridized carbons (Fsp3) is 0.241. The summed E-state index contributed by atoms with van der Waals surface area (Å²) in [5, 5.41) is 14.5. The van der Waals surface area contributed by atoms with Crippen molar-refractivity contribution >= 4 is 29.1 Å². The number of allylic oxidation sites excluding steroid dienone is 1. The molecular formula is C29H31N3O7. The molecule has 0 saturated carbocycles. The summed E-state index contributed by atoms with van der Waals surface area (Å²) in [5.74, 6) is 1.44. The van der Waals surface area contributed by atoms with Crippen LogP contribution in [0.1, 0.15) is 30.9 Å². The van der Waals surface area contributed by atoms with Gasteiger partial charge in [0, 0.05) is 11.8 Å². The molecule has 5 N–H and O–H groups in total. The Balaban J connectivity index is 1.36. The summed E-state index contributed by atoms with van der Waals surface area (Å²) in [5.41, 5.74) is 8.16. The quantitative estimate of drug-likeness (QED) is 0.144. The molecule has 2 amide bonds. The molecule has 0 fully saturated rings. The molecule has 0 saturated heterocycles. The normalized spacial score (nSPS) is 12.6. The molecule has 204 valence electrons. The lowest BCUT2D eigenvalue weighted by Gasteiger charge is -2.19. The molecule has 1 aliphatic rings. The summed E-state index contributed by atoms with van der Waals surface area (Å²) in [7, 11) is 0. The second-order valence-electron chi connectivity index (χ2n) is 8.64. The van der Waals surface area contributed by atoms with Crippen LogP contribution in [0.3, 0.4) is 0 Å². The number of aliphatic hydroxyl groups excluding tert-OH is 1. The molecule has 0 aliphatic carbocycles. The van der Waals surface area contributed by atoms with Crippen molar-refractivity contribution in [3.8, 4) is 17.2 Å². The maximum atomic E-state index is 12.8. The average molecular weight is 534 g/mol. The minimum absolute atomic E-state index is 0.112. The number of fused-ring (bicyclic) bond motifs is 1. The zero-order valence-electron chi connectivity index (χ0n) is 21.3. The van der Waals surface area contributed by atoms with Gasteiger partial charge in [-0.2, -0.15) is 0 Å². The van der Waals surface area contributed by atoms with E-state index in [1.54, 1.807) is 66.7 Å². The number of rotatable bonds is 12. The fourth-order valence-corrected chi connectivity index (χ4v) is 3.91. The zero-order chi connectivity index (χ0) is 27.5. The van der Waals surface area contributed by atoms with Crippen molar-refractivity contribution in [1.82, 2.24) is 0 Å². The SMILES string of the molecule is Nc1ccccc1NC(=O)/C=C/CCC[C@@H](OC(=O)Nc1ccc2c(c1)OCO2)c1cccc(OCCO)c1. The summed E-state index contributed by atoms with van der Waals surface area (Å²) in [6.45, 7) is 0.177. The molecule has 10 heteroatoms. The second kappa shape index (κ2) is 13.7. The predicted molar refractivity (Wildman–Crippen MR) is 147 cm³/mol. The van der Waals surface area contributed by atoms with Gasteiger partial charge in [0.1, 0.15) is 18.5 Å². The van der Waals surface area contributed by atoms with Crippen molar-refractivity contribution in [2.45, 2.75) is 25.4 Å². The molecule has 0 spiro atoms. The summed E-state index contributed by atoms with van der Waals surface area (Å²) < 4.78 is 22.0. The van der Waals surface area contributed by atoms with Crippen LogP contribution < -0.4 is 30.6 Å². The molecule has 1 heterocycles. The van der Waals surface area contributed by atoms with E-state index in [0.29, 0.717) is 53.6 Å². The topological polar surface area (TPSA) is 141 Å². The highest BCUT2D eigenvalue weighted by Gasteiger charge is 2.19. The smallest absolute Gasteiger partial charge is 0.412 e. The lowest BCUT2D eigenvalue weighted by molar-refractivity contribution is -0.111. The number of unbranched alkanes of at least 4 members (excludes halogenated alkanes) is 1. The number of carbonyl (C=O) groups excluding carboxylic acids is 2. The number of hydrogen-bond acceptors (Lipinski definition) is 8. The highest BCUT2D eigenvalue weighted by Crippen LogP contribution is 2.34. The number of para-hydroxylation sites is 2. The number of aliphatic hydroxyl groups is 1. The highest BCUT2D eigenvalue weighted by atomic mass is 16.7. The first-order valence-electron chi connectivity index (χ1n) is 12.5. The van der Waals surface area contributed by atoms with Crippen LogP contribution in [0.2, 0.25) is 0 Å². The van der Waals surface area contributed by atoms with E-state index in [1.165, 1.54) is 6.08 Å². The minimum atomic E-state index is -0.629. The number of amides is 2. The fourth-order valence-electron chi connectivity index (χ4n) is 3.91. The van der Waals surface area contributed by atoms with Crippen LogP contribution >= 0.6 is 0 Å². The molecule has 4 rings (SSSR count). The van der Waals surface area contributed by atoms with Crippen LogP contribution in [-0.2, 0) is 9.53 Å². The standard InChI is InChI=1S/C29H31N3O7/c30-23-9-4-5-10-24(23)32-28(34)12-3-1-2-11-25(20-7-6-8-22(17-20)36-16-15-33)39-29(35)31-21-13-14-26-27(18-21)38-19-37-26/h3-10,12-14,17-18,25,33H,1-2,11,15-16,19,30H2,(H,31,35)(H,32,34)/b12-3+/t25-/m1/s1. The van der Waals surface area contributed by atoms with E-state index in [4.69, 9.17) is 29.8 Å². The van der Waals surface area contributed by atoms with E-state index in [-0.39, 0.29) is 25.9 Å². The largest absolute Gasteiger partial charge is 0.491 e. The van der Waals surface area contributed by atoms with Crippen LogP contribution in [0.5, 0.6) is 17.2 Å². The van der Waals surface area contributed by atoms with Crippen molar-refractivity contribution in [3.63, 3.8) is 0 Å². The third kappa shape index (κ3) is 8.14. The Hall–Kier alpha value is -4.70. The van der Waals surface area contributed by atoms with E-state index in [9.17, 15) is 9.59 Å². The average Bonchev–Trinajstić information content (AvgIpc) is 3.40. The van der Waals surface area contributed by atoms with Crippen molar-refractivity contribution in [1.29, 1.82) is 0 Å². The van der Waals surface area contributed by atoms with Crippen LogP contribution in [0, 0.1) is 0 Å². The monoisotopic (exact) mass is 533 g/mol. The number of nitrogens with two attached hydrogens (primary N) is 1. The van der Waals surface area contributed by atoms with Crippen LogP contribution in [0.4, 0.5) is 21.9 Å². The summed E-state index contributed by atoms with van der Waals surface area (Å²) in [4.78, 5) is 25.0. The Bertz CT molecular complexity index is 1310. The second-order valence-corrected chi connectivity index (χ2v) is 8.64. The first-order chi connectivity index (χ1) is 19.0. The lowest BCUT2D eigenvalue weighted by Crippen LogP contribution is -2.18. The molecule has 0 unspecified atom stereocenters. The Labute approximate surface area is 226 Å². The molecule has 3 aromatic rings. The molecule has 0 aromatic heterocycles. The maximum absolute atomic E-state index is 12.8. The Morgan fingerprint density at radius 1 is 1.03 bits per heavy atom. The number of anilines is 3. The van der Waals surface area contributed by atoms with Gasteiger partial charge >= 0.3 is 6.09 Å². The molecule has 39 heavy (non-hydrogen) atoms. The lowest BCUT2D eigenvalue weighted by atomic mass is 10.0. The summed E-state index contributed by atoms with van der Waals surface area (Å²) in [6.07, 6.45) is 3.73. The van der Waals surface area contributed by atoms with Gasteiger partial charge in [0.15, 0.2) is 11.5 Å². The molecular weight excluding hydrogens is 502 g/mol. The number of benzene rings is 3. The maximum Gasteiger partial charge on any atom is 0.412 e. The number of carbonyl (C=O) groups is 2. The van der Waals surface area contributed by atoms with Gasteiger partial charge in [0.25, 0.3) is 0 Å². The van der Waals surface area contributed by atoms with Crippen LogP contribution in [0.25, 0.3) is 0 Å². The minimum Gasteiger partial charge on any atom is -0.491 e. The van der Waals surface area contributed by atoms with Gasteiger partial charge in [-0.05, 0) is 67.3 Å². The van der Waals surface area contributed by atoms with E-state index in [0.717, 1.165) is 5.56 Å². The first kappa shape index (κ1) is 27.3. The molecule has 0 radical (unpaired) electrons. The van der Waals surface area contributed by atoms with Crippen molar-refractivity contribution in [2.75, 3.05) is 36.4 Å². The third-order valence-corrected chi connectivity index (χ3v) is 5.78. The molecule has 3 aromatic carbocycles. The highest BCUT2D eigenvalue weighted by molar-refractivity contribution is 6.01. The van der Waals surface area contributed by atoms with Gasteiger partial charge in [0.2, 0.25) is 12.7 Å². The molecule has 10 nitrogen and oxygen atoms in total. The predicted octanol–water partition coefficient (Wildman–Crippen LogP) is 5.02. The summed E-state index contributed by atoms with van der Waals surface area (Å²) >= 11 is 0. The number of hydrogen-bond donors (Lipinski definition) is 4. The van der Waals surface area contributed by atoms with Gasteiger partial charge in [0.05, 0.1) is 18.0 Å². The van der Waals surface area contributed by atoms with Gasteiger partial charge in [-0.3, -0.25) is 10.1 Å². The van der Waals surface area contributed by atoms with E-state index < -0.39 is 12.2 Å². The zero-order valence-corrected chi connectivity index (χ0v) is 21.3. The molecule has 0 bridgehead atoms. The van der Waals surface area contributed by atoms with E-state index in [2.05, 4.69) is 10.6 Å². The number of ether oxygens (including phenoxy) is 4. The van der Waals surface area contributed by atoms with E-state index >= 15 is 0 Å². The third-order valence-electron chi connectivity index (χ3n) is 5.78. The Morgan fingerprint density at radius 3 is 2.72 bits per heavy atom. The van der Waals surface area contributed by atoms with Gasteiger partial charge in [-0.15, -0.1) is 0 Å². The van der Waals surface area contributed by atoms with Gasteiger partial charge in [-0.25, -0.2) is 4.79 Å². The first-order valence-corrected chi connectivity index (χ1v) is 12.5. The van der Waals surface area contributed by atoms with E-state index in [1.807, 2.05) is 6.07 Å². The van der Waals surface area contributed by atoms with Crippen molar-refractivity contribution in [2.24, 2.45) is 0 Å². The van der Waals surface area contributed by atoms with Crippen molar-refractivity contribution in [3.05, 3.63) is 84.4 Å². The molecule has 1 atom stereocenters. The molecule has 1 aliphatic heterocycles. The van der Waals surface area contributed by atoms with Crippen molar-refractivity contribution < 1.29 is 33.6 Å². The Kier molecular flexibility index (Phi) is 9.63. The van der Waals surface area contributed by atoms with Crippen LogP contribution in [0.15, 0.2) is 78.9 Å². The van der Waals surface area contributed by atoms with Gasteiger partial charge < -0.3 is 35.1 Å². The van der Waals surface area contributed by atoms with Gasteiger partial charge in [-0.1, -0.05) is 30.3 Å². The Morgan fingerprint density at radius 2 is 1.87 bits per heavy atom.